The maximum Gasteiger partial charge on any atom is 0.258 e. The van der Waals surface area contributed by atoms with Gasteiger partial charge in [-0.2, -0.15) is 0 Å². The van der Waals surface area contributed by atoms with E-state index in [4.69, 9.17) is 5.73 Å². The number of amides is 1. The summed E-state index contributed by atoms with van der Waals surface area (Å²) in [6, 6.07) is 3.58. The number of nitrogens with one attached hydrogen (secondary N) is 2. The van der Waals surface area contributed by atoms with Gasteiger partial charge in [0.1, 0.15) is 0 Å². The standard InChI is InChI=1S/C12H14N4O/c1-7-5-8(2)10(13)6-9(7)11(17)16-12-14-3-4-15-12/h3-6H,13H2,1-2H3,(H2,14,15,16,17). The van der Waals surface area contributed by atoms with Gasteiger partial charge in [-0.3, -0.25) is 10.1 Å². The van der Waals surface area contributed by atoms with Crippen LogP contribution in [-0.2, 0) is 0 Å². The van der Waals surface area contributed by atoms with Gasteiger partial charge in [0.2, 0.25) is 5.95 Å². The van der Waals surface area contributed by atoms with Gasteiger partial charge in [-0.25, -0.2) is 4.98 Å². The van der Waals surface area contributed by atoms with Crippen molar-refractivity contribution in [2.75, 3.05) is 11.1 Å². The van der Waals surface area contributed by atoms with E-state index < -0.39 is 0 Å². The molecule has 1 amide bonds. The van der Waals surface area contributed by atoms with Crippen molar-refractivity contribution < 1.29 is 4.79 Å². The van der Waals surface area contributed by atoms with E-state index in [9.17, 15) is 4.79 Å². The number of hydrogen-bond donors (Lipinski definition) is 3. The Balaban J connectivity index is 2.28. The van der Waals surface area contributed by atoms with Crippen LogP contribution in [0.5, 0.6) is 0 Å². The van der Waals surface area contributed by atoms with Gasteiger partial charge < -0.3 is 10.7 Å². The maximum absolute atomic E-state index is 12.0. The lowest BCUT2D eigenvalue weighted by molar-refractivity contribution is 0.102. The minimum Gasteiger partial charge on any atom is -0.398 e. The molecule has 0 spiro atoms. The number of hydrogen-bond acceptors (Lipinski definition) is 3. The molecule has 5 heteroatoms. The summed E-state index contributed by atoms with van der Waals surface area (Å²) < 4.78 is 0. The van der Waals surface area contributed by atoms with Crippen LogP contribution in [0.3, 0.4) is 0 Å². The van der Waals surface area contributed by atoms with E-state index in [2.05, 4.69) is 15.3 Å². The van der Waals surface area contributed by atoms with Crippen LogP contribution in [0.1, 0.15) is 21.5 Å². The quantitative estimate of drug-likeness (QED) is 0.688. The van der Waals surface area contributed by atoms with Crippen LogP contribution in [0.15, 0.2) is 24.5 Å². The summed E-state index contributed by atoms with van der Waals surface area (Å²) in [5.74, 6) is 0.206. The molecule has 0 aliphatic rings. The molecule has 0 aliphatic carbocycles. The van der Waals surface area contributed by atoms with Crippen LogP contribution in [0, 0.1) is 13.8 Å². The van der Waals surface area contributed by atoms with Crippen molar-refractivity contribution in [2.24, 2.45) is 0 Å². The topological polar surface area (TPSA) is 83.8 Å². The molecule has 2 rings (SSSR count). The van der Waals surface area contributed by atoms with Crippen molar-refractivity contribution in [2.45, 2.75) is 13.8 Å². The SMILES string of the molecule is Cc1cc(C)c(C(=O)Nc2ncc[nH]2)cc1N. The van der Waals surface area contributed by atoms with Crippen LogP contribution in [0.2, 0.25) is 0 Å². The van der Waals surface area contributed by atoms with Crippen LogP contribution < -0.4 is 11.1 Å². The third-order valence-electron chi connectivity index (χ3n) is 2.59. The zero-order chi connectivity index (χ0) is 12.4. The van der Waals surface area contributed by atoms with E-state index in [1.54, 1.807) is 18.5 Å². The summed E-state index contributed by atoms with van der Waals surface area (Å²) in [5.41, 5.74) is 8.83. The van der Waals surface area contributed by atoms with Crippen molar-refractivity contribution in [3.63, 3.8) is 0 Å². The summed E-state index contributed by atoms with van der Waals surface area (Å²) in [7, 11) is 0. The van der Waals surface area contributed by atoms with Crippen LogP contribution in [-0.4, -0.2) is 15.9 Å². The first kappa shape index (κ1) is 11.2. The third kappa shape index (κ3) is 2.28. The predicted molar refractivity (Wildman–Crippen MR) is 66.9 cm³/mol. The summed E-state index contributed by atoms with van der Waals surface area (Å²) >= 11 is 0. The molecule has 5 nitrogen and oxygen atoms in total. The number of anilines is 2. The Morgan fingerprint density at radius 1 is 1.35 bits per heavy atom. The van der Waals surface area contributed by atoms with Gasteiger partial charge in [-0.1, -0.05) is 6.07 Å². The zero-order valence-electron chi connectivity index (χ0n) is 9.74. The van der Waals surface area contributed by atoms with E-state index in [1.165, 1.54) is 0 Å². The highest BCUT2D eigenvalue weighted by molar-refractivity contribution is 6.05. The second-order valence-electron chi connectivity index (χ2n) is 3.92. The van der Waals surface area contributed by atoms with E-state index in [0.717, 1.165) is 11.1 Å². The Morgan fingerprint density at radius 2 is 2.12 bits per heavy atom. The van der Waals surface area contributed by atoms with E-state index in [1.807, 2.05) is 19.9 Å². The molecule has 0 atom stereocenters. The van der Waals surface area contributed by atoms with Crippen molar-refractivity contribution in [3.8, 4) is 0 Å². The molecule has 88 valence electrons. The molecular weight excluding hydrogens is 216 g/mol. The molecule has 0 aliphatic heterocycles. The van der Waals surface area contributed by atoms with Gasteiger partial charge in [0.15, 0.2) is 0 Å². The Kier molecular flexibility index (Phi) is 2.82. The van der Waals surface area contributed by atoms with E-state index in [0.29, 0.717) is 17.2 Å². The molecule has 0 radical (unpaired) electrons. The Bertz CT molecular complexity index is 546. The largest absolute Gasteiger partial charge is 0.398 e. The number of nitrogen functional groups attached to an aromatic ring is 1. The first-order valence-electron chi connectivity index (χ1n) is 5.25. The van der Waals surface area contributed by atoms with Gasteiger partial charge in [-0.15, -0.1) is 0 Å². The smallest absolute Gasteiger partial charge is 0.258 e. The second-order valence-corrected chi connectivity index (χ2v) is 3.92. The molecule has 0 fully saturated rings. The molecule has 17 heavy (non-hydrogen) atoms. The summed E-state index contributed by atoms with van der Waals surface area (Å²) in [6.07, 6.45) is 3.22. The van der Waals surface area contributed by atoms with Gasteiger partial charge in [0, 0.05) is 23.6 Å². The number of rotatable bonds is 2. The molecule has 1 aromatic heterocycles. The molecule has 2 aromatic rings. The number of carbonyl (C=O) groups is 1. The fourth-order valence-electron chi connectivity index (χ4n) is 1.62. The van der Waals surface area contributed by atoms with Crippen LogP contribution in [0.4, 0.5) is 11.6 Å². The predicted octanol–water partition coefficient (Wildman–Crippen LogP) is 1.86. The second kappa shape index (κ2) is 4.29. The Morgan fingerprint density at radius 3 is 2.76 bits per heavy atom. The molecule has 0 unspecified atom stereocenters. The minimum absolute atomic E-state index is 0.218. The zero-order valence-corrected chi connectivity index (χ0v) is 9.74. The van der Waals surface area contributed by atoms with Crippen LogP contribution in [0.25, 0.3) is 0 Å². The van der Waals surface area contributed by atoms with Gasteiger partial charge >= 0.3 is 0 Å². The average Bonchev–Trinajstić information content (AvgIpc) is 2.76. The third-order valence-corrected chi connectivity index (χ3v) is 2.59. The summed E-state index contributed by atoms with van der Waals surface area (Å²) in [5, 5.41) is 2.66. The van der Waals surface area contributed by atoms with E-state index >= 15 is 0 Å². The molecule has 1 aromatic carbocycles. The molecule has 0 saturated heterocycles. The highest BCUT2D eigenvalue weighted by Gasteiger charge is 2.11. The Labute approximate surface area is 99.1 Å². The number of H-pyrrole nitrogens is 1. The minimum atomic E-state index is -0.218. The number of aromatic nitrogens is 2. The normalized spacial score (nSPS) is 10.2. The van der Waals surface area contributed by atoms with Crippen molar-refractivity contribution in [3.05, 3.63) is 41.2 Å². The fourth-order valence-corrected chi connectivity index (χ4v) is 1.62. The van der Waals surface area contributed by atoms with Gasteiger partial charge in [0.05, 0.1) is 0 Å². The summed E-state index contributed by atoms with van der Waals surface area (Å²) in [4.78, 5) is 18.7. The number of nitrogens with two attached hydrogens (primary N) is 1. The van der Waals surface area contributed by atoms with Crippen molar-refractivity contribution >= 4 is 17.5 Å². The Hall–Kier alpha value is -2.30. The van der Waals surface area contributed by atoms with Crippen molar-refractivity contribution in [1.82, 2.24) is 9.97 Å². The average molecular weight is 230 g/mol. The lowest BCUT2D eigenvalue weighted by Crippen LogP contribution is -2.15. The highest BCUT2D eigenvalue weighted by atomic mass is 16.1. The van der Waals surface area contributed by atoms with Gasteiger partial charge in [0.25, 0.3) is 5.91 Å². The van der Waals surface area contributed by atoms with Gasteiger partial charge in [-0.05, 0) is 31.0 Å². The number of benzene rings is 1. The number of nitrogens with zero attached hydrogens (tertiary/aromatic N) is 1. The molecule has 0 saturated carbocycles. The highest BCUT2D eigenvalue weighted by Crippen LogP contribution is 2.18. The number of imidazole rings is 1. The number of carbonyl (C=O) groups excluding carboxylic acids is 1. The molecular formula is C12H14N4O. The van der Waals surface area contributed by atoms with E-state index in [-0.39, 0.29) is 5.91 Å². The van der Waals surface area contributed by atoms with Crippen LogP contribution >= 0.6 is 0 Å². The first-order valence-corrected chi connectivity index (χ1v) is 5.25. The molecule has 4 N–H and O–H groups in total. The van der Waals surface area contributed by atoms with Crippen molar-refractivity contribution in [1.29, 1.82) is 0 Å². The fraction of sp³-hybridized carbons (Fsp3) is 0.167. The maximum atomic E-state index is 12.0. The lowest BCUT2D eigenvalue weighted by Gasteiger charge is -2.08. The number of aryl methyl sites for hydroxylation is 2. The first-order chi connectivity index (χ1) is 8.08. The number of aromatic amines is 1. The monoisotopic (exact) mass is 230 g/mol. The molecule has 0 bridgehead atoms. The molecule has 1 heterocycles. The summed E-state index contributed by atoms with van der Waals surface area (Å²) in [6.45, 7) is 3.79. The lowest BCUT2D eigenvalue weighted by atomic mass is 10.0.